The summed E-state index contributed by atoms with van der Waals surface area (Å²) in [7, 11) is -0.829. The van der Waals surface area contributed by atoms with Crippen LogP contribution in [0.5, 0.6) is 0 Å². The van der Waals surface area contributed by atoms with Gasteiger partial charge in [-0.2, -0.15) is 5.26 Å². The summed E-state index contributed by atoms with van der Waals surface area (Å²) in [6.07, 6.45) is 3.22. The van der Waals surface area contributed by atoms with E-state index in [1.807, 2.05) is 0 Å². The van der Waals surface area contributed by atoms with Crippen molar-refractivity contribution in [1.82, 2.24) is 5.32 Å². The van der Waals surface area contributed by atoms with E-state index in [2.05, 4.69) is 17.3 Å². The van der Waals surface area contributed by atoms with Gasteiger partial charge in [-0.05, 0) is 66.9 Å². The van der Waals surface area contributed by atoms with E-state index in [9.17, 15) is 13.6 Å². The fraction of sp³-hybridized carbons (Fsp3) is 0.571. The van der Waals surface area contributed by atoms with Crippen LogP contribution >= 0.6 is 22.4 Å². The number of benzene rings is 1. The lowest BCUT2D eigenvalue weighted by atomic mass is 10.1. The molecule has 2 aliphatic carbocycles. The van der Waals surface area contributed by atoms with E-state index in [-0.39, 0.29) is 30.9 Å². The van der Waals surface area contributed by atoms with Crippen molar-refractivity contribution in [3.8, 4) is 6.07 Å². The Hall–Kier alpha value is -1.69. The Bertz CT molecular complexity index is 916. The van der Waals surface area contributed by atoms with Crippen LogP contribution in [-0.2, 0) is 8.98 Å². The van der Waals surface area contributed by atoms with E-state index in [0.717, 1.165) is 11.3 Å². The van der Waals surface area contributed by atoms with Crippen molar-refractivity contribution in [1.29, 1.82) is 5.26 Å². The monoisotopic (exact) mass is 455 g/mol. The van der Waals surface area contributed by atoms with E-state index < -0.39 is 22.2 Å². The molecule has 162 valence electrons. The SMILES string of the molecule is C=S(OC1CCC(C(=O)NC2(C#N)CC2)C1)c1ccc(N2CCC(F)(F)C2)cc1Cl. The number of nitrogens with one attached hydrogen (secondary N) is 1. The van der Waals surface area contributed by atoms with Crippen molar-refractivity contribution in [3.63, 3.8) is 0 Å². The topological polar surface area (TPSA) is 65.4 Å². The molecule has 1 amide bonds. The van der Waals surface area contributed by atoms with E-state index in [4.69, 9.17) is 21.0 Å². The van der Waals surface area contributed by atoms with Crippen LogP contribution in [0.2, 0.25) is 5.02 Å². The minimum Gasteiger partial charge on any atom is -0.365 e. The highest BCUT2D eigenvalue weighted by Gasteiger charge is 2.46. The lowest BCUT2D eigenvalue weighted by molar-refractivity contribution is -0.125. The Balaban J connectivity index is 1.33. The molecule has 3 aliphatic rings. The summed E-state index contributed by atoms with van der Waals surface area (Å²) in [5.41, 5.74) is 0.0170. The molecule has 3 atom stereocenters. The summed E-state index contributed by atoms with van der Waals surface area (Å²) in [5, 5.41) is 12.4. The van der Waals surface area contributed by atoms with Crippen molar-refractivity contribution >= 4 is 39.8 Å². The third kappa shape index (κ3) is 4.63. The molecule has 1 heterocycles. The first-order valence-corrected chi connectivity index (χ1v) is 11.8. The van der Waals surface area contributed by atoms with Crippen LogP contribution < -0.4 is 10.2 Å². The number of halogens is 3. The van der Waals surface area contributed by atoms with Gasteiger partial charge in [0.1, 0.15) is 5.54 Å². The summed E-state index contributed by atoms with van der Waals surface area (Å²) in [6.45, 7) is 0.00174. The van der Waals surface area contributed by atoms with Gasteiger partial charge in [0, 0.05) is 29.5 Å². The maximum atomic E-state index is 13.5. The van der Waals surface area contributed by atoms with E-state index in [1.165, 1.54) is 0 Å². The largest absolute Gasteiger partial charge is 0.365 e. The zero-order valence-electron chi connectivity index (χ0n) is 16.5. The molecule has 0 radical (unpaired) electrons. The number of carbonyl (C=O) groups is 1. The number of nitriles is 1. The molecule has 1 saturated heterocycles. The van der Waals surface area contributed by atoms with Gasteiger partial charge in [-0.3, -0.25) is 4.79 Å². The zero-order chi connectivity index (χ0) is 21.5. The summed E-state index contributed by atoms with van der Waals surface area (Å²) in [4.78, 5) is 14.8. The van der Waals surface area contributed by atoms with Gasteiger partial charge in [0.05, 0.1) is 23.7 Å². The first kappa shape index (κ1) is 21.5. The summed E-state index contributed by atoms with van der Waals surface area (Å²) in [5.74, 6) is 1.18. The summed E-state index contributed by atoms with van der Waals surface area (Å²) in [6, 6.07) is 7.43. The second-order valence-corrected chi connectivity index (χ2v) is 10.1. The van der Waals surface area contributed by atoms with Gasteiger partial charge in [-0.15, -0.1) is 0 Å². The first-order chi connectivity index (χ1) is 14.2. The molecule has 3 unspecified atom stereocenters. The predicted molar refractivity (Wildman–Crippen MR) is 114 cm³/mol. The Morgan fingerprint density at radius 1 is 1.37 bits per heavy atom. The lowest BCUT2D eigenvalue weighted by Crippen LogP contribution is -2.39. The molecule has 1 N–H and O–H groups in total. The van der Waals surface area contributed by atoms with Gasteiger partial charge in [0.25, 0.3) is 5.92 Å². The van der Waals surface area contributed by atoms with Crippen LogP contribution in [0.25, 0.3) is 0 Å². The second kappa shape index (κ2) is 8.10. The highest BCUT2D eigenvalue weighted by Crippen LogP contribution is 2.41. The number of alkyl halides is 2. The molecule has 30 heavy (non-hydrogen) atoms. The Morgan fingerprint density at radius 2 is 2.13 bits per heavy atom. The van der Waals surface area contributed by atoms with E-state index >= 15 is 0 Å². The molecular weight excluding hydrogens is 432 g/mol. The third-order valence-corrected chi connectivity index (χ3v) is 7.81. The fourth-order valence-electron chi connectivity index (χ4n) is 4.04. The van der Waals surface area contributed by atoms with Gasteiger partial charge in [0.2, 0.25) is 5.91 Å². The van der Waals surface area contributed by atoms with Gasteiger partial charge in [-0.1, -0.05) is 11.6 Å². The number of amides is 1. The van der Waals surface area contributed by atoms with Crippen LogP contribution in [-0.4, -0.2) is 42.4 Å². The molecule has 5 nitrogen and oxygen atoms in total. The van der Waals surface area contributed by atoms with Crippen molar-refractivity contribution in [2.75, 3.05) is 18.0 Å². The standard InChI is InChI=1S/C21H24ClF2N3O2S/c1-30(18-5-3-15(11-17(18)22)27-9-8-21(23,24)13-27)29-16-4-2-14(10-16)19(28)26-20(12-25)6-7-20/h3,5,11,14,16H,1-2,4,6-10,13H2,(H,26,28). The first-order valence-electron chi connectivity index (χ1n) is 10.1. The predicted octanol–water partition coefficient (Wildman–Crippen LogP) is 4.52. The Labute approximate surface area is 182 Å². The molecule has 4 rings (SSSR count). The average molecular weight is 456 g/mol. The lowest BCUT2D eigenvalue weighted by Gasteiger charge is -2.21. The average Bonchev–Trinajstić information content (AvgIpc) is 3.13. The summed E-state index contributed by atoms with van der Waals surface area (Å²) < 4.78 is 33.0. The van der Waals surface area contributed by atoms with Crippen LogP contribution in [0.15, 0.2) is 23.1 Å². The Morgan fingerprint density at radius 3 is 2.73 bits per heavy atom. The molecule has 0 spiro atoms. The molecule has 0 aromatic heterocycles. The smallest absolute Gasteiger partial charge is 0.266 e. The van der Waals surface area contributed by atoms with Gasteiger partial charge < -0.3 is 14.4 Å². The number of hydrogen-bond donors (Lipinski definition) is 1. The van der Waals surface area contributed by atoms with Gasteiger partial charge in [0.15, 0.2) is 0 Å². The van der Waals surface area contributed by atoms with Gasteiger partial charge >= 0.3 is 0 Å². The normalized spacial score (nSPS) is 27.5. The second-order valence-electron chi connectivity index (χ2n) is 8.40. The van der Waals surface area contributed by atoms with Gasteiger partial charge in [-0.25, -0.2) is 8.78 Å². The van der Waals surface area contributed by atoms with Crippen LogP contribution in [0.3, 0.4) is 0 Å². The highest BCUT2D eigenvalue weighted by atomic mass is 35.5. The molecule has 2 saturated carbocycles. The summed E-state index contributed by atoms with van der Waals surface area (Å²) >= 11 is 6.41. The number of rotatable bonds is 6. The Kier molecular flexibility index (Phi) is 5.82. The van der Waals surface area contributed by atoms with Crippen LogP contribution in [0, 0.1) is 17.2 Å². The maximum Gasteiger partial charge on any atom is 0.266 e. The molecule has 1 aromatic rings. The molecule has 9 heteroatoms. The molecule has 0 bridgehead atoms. The molecule has 1 aliphatic heterocycles. The third-order valence-electron chi connectivity index (χ3n) is 6.03. The maximum absolute atomic E-state index is 13.5. The molecule has 3 fully saturated rings. The van der Waals surface area contributed by atoms with Crippen molar-refractivity contribution < 1.29 is 17.8 Å². The molecular formula is C21H24ClF2N3O2S. The van der Waals surface area contributed by atoms with Crippen molar-refractivity contribution in [2.24, 2.45) is 5.92 Å². The van der Waals surface area contributed by atoms with Crippen LogP contribution in [0.4, 0.5) is 14.5 Å². The van der Waals surface area contributed by atoms with Crippen molar-refractivity contribution in [3.05, 3.63) is 23.2 Å². The molecule has 1 aromatic carbocycles. The zero-order valence-corrected chi connectivity index (χ0v) is 18.1. The van der Waals surface area contributed by atoms with Crippen LogP contribution in [0.1, 0.15) is 38.5 Å². The number of carbonyl (C=O) groups excluding carboxylic acids is 1. The quantitative estimate of drug-likeness (QED) is 0.640. The number of anilines is 1. The fourth-order valence-corrected chi connectivity index (χ4v) is 5.57. The number of hydrogen-bond acceptors (Lipinski definition) is 4. The minimum atomic E-state index is -2.66. The van der Waals surface area contributed by atoms with E-state index in [1.54, 1.807) is 23.1 Å². The van der Waals surface area contributed by atoms with Crippen molar-refractivity contribution in [2.45, 2.75) is 61.0 Å². The van der Waals surface area contributed by atoms with E-state index in [0.29, 0.717) is 42.9 Å². The highest BCUT2D eigenvalue weighted by molar-refractivity contribution is 8.10. The number of nitrogens with zero attached hydrogens (tertiary/aromatic N) is 2. The minimum absolute atomic E-state index is 0.0751.